The van der Waals surface area contributed by atoms with Crippen molar-refractivity contribution < 1.29 is 32.2 Å². The highest BCUT2D eigenvalue weighted by molar-refractivity contribution is 7.91. The van der Waals surface area contributed by atoms with Gasteiger partial charge >= 0.3 is 5.97 Å². The largest absolute Gasteiger partial charge is 0.491 e. The fraction of sp³-hybridized carbons (Fsp3) is 0.600. The molecule has 0 bridgehead atoms. The minimum atomic E-state index is -3.10. The van der Waals surface area contributed by atoms with Gasteiger partial charge in [-0.05, 0) is 50.5 Å². The minimum Gasteiger partial charge on any atom is -0.491 e. The highest BCUT2D eigenvalue weighted by Gasteiger charge is 2.35. The zero-order valence-electron chi connectivity index (χ0n) is 16.7. The molecule has 1 amide bonds. The second-order valence-corrected chi connectivity index (χ2v) is 9.75. The first-order valence-electron chi connectivity index (χ1n) is 9.78. The van der Waals surface area contributed by atoms with Gasteiger partial charge in [0.1, 0.15) is 12.4 Å². The number of amides is 1. The Balaban J connectivity index is 1.50. The molecule has 2 aliphatic rings. The highest BCUT2D eigenvalue weighted by Crippen LogP contribution is 2.19. The third-order valence-electron chi connectivity index (χ3n) is 5.29. The maximum atomic E-state index is 12.5. The lowest BCUT2D eigenvalue weighted by molar-refractivity contribution is -0.140. The van der Waals surface area contributed by atoms with Crippen LogP contribution in [0.1, 0.15) is 36.5 Å². The first-order valence-corrected chi connectivity index (χ1v) is 11.6. The van der Waals surface area contributed by atoms with E-state index in [-0.39, 0.29) is 23.7 Å². The number of rotatable bonds is 7. The Labute approximate surface area is 171 Å². The fourth-order valence-electron chi connectivity index (χ4n) is 3.48. The molecular weight excluding hydrogens is 398 g/mol. The van der Waals surface area contributed by atoms with Gasteiger partial charge in [0.05, 0.1) is 23.2 Å². The van der Waals surface area contributed by atoms with E-state index >= 15 is 0 Å². The zero-order chi connectivity index (χ0) is 21.0. The number of carbonyl (C=O) groups excluding carboxylic acids is 2. The van der Waals surface area contributed by atoms with Crippen molar-refractivity contribution in [3.63, 3.8) is 0 Å². The molecule has 2 saturated heterocycles. The van der Waals surface area contributed by atoms with E-state index in [1.165, 1.54) is 11.8 Å². The Hall–Kier alpha value is -2.13. The van der Waals surface area contributed by atoms with Gasteiger partial charge < -0.3 is 19.1 Å². The van der Waals surface area contributed by atoms with Crippen LogP contribution in [0.25, 0.3) is 0 Å². The van der Waals surface area contributed by atoms with Crippen LogP contribution in [0.5, 0.6) is 5.75 Å². The van der Waals surface area contributed by atoms with Gasteiger partial charge in [-0.15, -0.1) is 0 Å². The molecule has 2 heterocycles. The second kappa shape index (κ2) is 9.13. The molecule has 1 aromatic carbocycles. The van der Waals surface area contributed by atoms with Crippen molar-refractivity contribution >= 4 is 21.7 Å². The van der Waals surface area contributed by atoms with Crippen LogP contribution in [0.2, 0.25) is 0 Å². The number of ether oxygens (including phenoxy) is 3. The monoisotopic (exact) mass is 425 g/mol. The van der Waals surface area contributed by atoms with E-state index in [1.54, 1.807) is 31.3 Å². The molecule has 0 aliphatic carbocycles. The molecule has 0 aromatic heterocycles. The molecule has 0 radical (unpaired) electrons. The van der Waals surface area contributed by atoms with E-state index in [9.17, 15) is 18.0 Å². The molecule has 3 rings (SSSR count). The summed E-state index contributed by atoms with van der Waals surface area (Å²) in [5.74, 6) is -0.391. The van der Waals surface area contributed by atoms with Crippen LogP contribution >= 0.6 is 0 Å². The first-order chi connectivity index (χ1) is 13.7. The summed E-state index contributed by atoms with van der Waals surface area (Å²) in [5, 5.41) is 0. The number of benzene rings is 1. The van der Waals surface area contributed by atoms with Gasteiger partial charge in [0.25, 0.3) is 5.91 Å². The minimum absolute atomic E-state index is 0.0523. The van der Waals surface area contributed by atoms with Gasteiger partial charge in [-0.25, -0.2) is 13.2 Å². The van der Waals surface area contributed by atoms with Gasteiger partial charge in [0, 0.05) is 19.7 Å². The summed E-state index contributed by atoms with van der Waals surface area (Å²) >= 11 is 0. The van der Waals surface area contributed by atoms with E-state index in [0.717, 1.165) is 19.4 Å². The van der Waals surface area contributed by atoms with Gasteiger partial charge in [-0.1, -0.05) is 0 Å². The van der Waals surface area contributed by atoms with E-state index in [0.29, 0.717) is 24.3 Å². The summed E-state index contributed by atoms with van der Waals surface area (Å²) in [6, 6.07) is 6.13. The summed E-state index contributed by atoms with van der Waals surface area (Å²) in [5.41, 5.74) is 0.306. The third-order valence-corrected chi connectivity index (χ3v) is 7.04. The number of nitrogens with zero attached hydrogens (tertiary/aromatic N) is 1. The molecule has 0 unspecified atom stereocenters. The molecule has 0 spiro atoms. The quantitative estimate of drug-likeness (QED) is 0.610. The van der Waals surface area contributed by atoms with Gasteiger partial charge in [0.2, 0.25) is 0 Å². The average molecular weight is 426 g/mol. The lowest BCUT2D eigenvalue weighted by Gasteiger charge is -2.26. The number of sulfone groups is 1. The molecule has 2 fully saturated rings. The highest BCUT2D eigenvalue weighted by atomic mass is 32.2. The van der Waals surface area contributed by atoms with Gasteiger partial charge in [-0.2, -0.15) is 0 Å². The van der Waals surface area contributed by atoms with Crippen molar-refractivity contribution in [3.05, 3.63) is 29.8 Å². The van der Waals surface area contributed by atoms with Crippen LogP contribution in [-0.2, 0) is 24.1 Å². The van der Waals surface area contributed by atoms with Crippen molar-refractivity contribution in [2.45, 2.75) is 44.4 Å². The summed E-state index contributed by atoms with van der Waals surface area (Å²) in [4.78, 5) is 26.2. The van der Waals surface area contributed by atoms with Crippen molar-refractivity contribution in [1.29, 1.82) is 0 Å². The summed E-state index contributed by atoms with van der Waals surface area (Å²) in [6.45, 7) is 2.72. The number of hydrogen-bond acceptors (Lipinski definition) is 7. The lowest BCUT2D eigenvalue weighted by atomic mass is 10.2. The van der Waals surface area contributed by atoms with Gasteiger partial charge in [-0.3, -0.25) is 4.79 Å². The molecule has 3 atom stereocenters. The predicted octanol–water partition coefficient (Wildman–Crippen LogP) is 1.44. The molecule has 0 N–H and O–H groups in total. The number of esters is 1. The topological polar surface area (TPSA) is 99.2 Å². The summed E-state index contributed by atoms with van der Waals surface area (Å²) < 4.78 is 39.7. The van der Waals surface area contributed by atoms with Crippen molar-refractivity contribution in [2.75, 3.05) is 31.8 Å². The Kier molecular flexibility index (Phi) is 6.79. The van der Waals surface area contributed by atoms with Crippen molar-refractivity contribution in [2.24, 2.45) is 0 Å². The van der Waals surface area contributed by atoms with E-state index in [2.05, 4.69) is 0 Å². The van der Waals surface area contributed by atoms with E-state index in [4.69, 9.17) is 14.2 Å². The number of carbonyl (C=O) groups is 2. The maximum absolute atomic E-state index is 12.5. The van der Waals surface area contributed by atoms with Crippen LogP contribution in [0.15, 0.2) is 24.3 Å². The Morgan fingerprint density at radius 3 is 2.55 bits per heavy atom. The standard InChI is InChI=1S/C20H27NO7S/c1-14(19(22)21(2)16-9-11-29(24,25)13-16)28-20(23)15-5-7-17(8-6-15)27-12-18-4-3-10-26-18/h5-8,14,16,18H,3-4,9-13H2,1-2H3/t14-,16+,18+/m1/s1. The number of hydrogen-bond donors (Lipinski definition) is 0. The predicted molar refractivity (Wildman–Crippen MR) is 106 cm³/mol. The van der Waals surface area contributed by atoms with Crippen LogP contribution in [0.3, 0.4) is 0 Å². The molecule has 2 aliphatic heterocycles. The summed E-state index contributed by atoms with van der Waals surface area (Å²) in [7, 11) is -1.56. The molecule has 29 heavy (non-hydrogen) atoms. The first kappa shape index (κ1) is 21.6. The average Bonchev–Trinajstić information content (AvgIpc) is 3.34. The smallest absolute Gasteiger partial charge is 0.338 e. The summed E-state index contributed by atoms with van der Waals surface area (Å²) in [6.07, 6.45) is 1.53. The van der Waals surface area contributed by atoms with E-state index in [1.807, 2.05) is 0 Å². The lowest BCUT2D eigenvalue weighted by Crippen LogP contribution is -2.44. The zero-order valence-corrected chi connectivity index (χ0v) is 17.5. The fourth-order valence-corrected chi connectivity index (χ4v) is 5.25. The Bertz CT molecular complexity index is 831. The number of likely N-dealkylation sites (N-methyl/N-ethyl adjacent to an activating group) is 1. The molecule has 0 saturated carbocycles. The SMILES string of the molecule is C[C@@H](OC(=O)c1ccc(OC[C@@H]2CCCO2)cc1)C(=O)N(C)[C@H]1CCS(=O)(=O)C1. The molecule has 160 valence electrons. The van der Waals surface area contributed by atoms with Crippen molar-refractivity contribution in [3.8, 4) is 5.75 Å². The van der Waals surface area contributed by atoms with Gasteiger partial charge in [0.15, 0.2) is 15.9 Å². The Morgan fingerprint density at radius 2 is 1.97 bits per heavy atom. The molecule has 8 nitrogen and oxygen atoms in total. The molecule has 1 aromatic rings. The van der Waals surface area contributed by atoms with Crippen molar-refractivity contribution in [1.82, 2.24) is 4.90 Å². The van der Waals surface area contributed by atoms with Crippen LogP contribution < -0.4 is 4.74 Å². The van der Waals surface area contributed by atoms with Crippen LogP contribution in [0.4, 0.5) is 0 Å². The molecule has 9 heteroatoms. The Morgan fingerprint density at radius 1 is 1.24 bits per heavy atom. The molecular formula is C20H27NO7S. The maximum Gasteiger partial charge on any atom is 0.338 e. The second-order valence-electron chi connectivity index (χ2n) is 7.52. The van der Waals surface area contributed by atoms with Crippen LogP contribution in [0, 0.1) is 0 Å². The van der Waals surface area contributed by atoms with Crippen LogP contribution in [-0.4, -0.2) is 75.2 Å². The van der Waals surface area contributed by atoms with E-state index < -0.39 is 27.8 Å². The third kappa shape index (κ3) is 5.70. The normalized spacial score (nSPS) is 24.1.